The summed E-state index contributed by atoms with van der Waals surface area (Å²) in [6.45, 7) is 7.08. The maximum absolute atomic E-state index is 2.73. The fraction of sp³-hybridized carbons (Fsp3) is 0.0769. The Morgan fingerprint density at radius 1 is 0.500 bits per heavy atom. The quantitative estimate of drug-likeness (QED) is 0.166. The number of hydrogen-bond acceptors (Lipinski definition) is 2. The van der Waals surface area contributed by atoms with E-state index in [0.717, 1.165) is 0 Å². The van der Waals surface area contributed by atoms with Crippen molar-refractivity contribution in [1.29, 1.82) is 0 Å². The van der Waals surface area contributed by atoms with Crippen LogP contribution in [0.1, 0.15) is 26.3 Å². The van der Waals surface area contributed by atoms with Gasteiger partial charge in [0.05, 0.1) is 0 Å². The summed E-state index contributed by atoms with van der Waals surface area (Å²) in [6, 6.07) is 71.4. The lowest BCUT2D eigenvalue weighted by molar-refractivity contribution is 0.590. The number of rotatable bonds is 4. The van der Waals surface area contributed by atoms with Gasteiger partial charge in [0.25, 0.3) is 0 Å². The van der Waals surface area contributed by atoms with Gasteiger partial charge in [-0.05, 0) is 95.2 Å². The number of nitrogens with zero attached hydrogens (tertiary/aromatic N) is 1. The second-order valence-corrected chi connectivity index (χ2v) is 21.2. The van der Waals surface area contributed by atoms with Gasteiger partial charge < -0.3 is 4.90 Å². The Hall–Kier alpha value is -5.81. The standard InChI is InChI=1S/C52H40BNSSi/c1-52(2,3)36-28-31-47-44(32-36)53-43-33-42-41-26-16-17-27-48(41)56(38-22-12-6-13-23-38,39-24-14-7-15-25-39)49(42)34-46(43)54(37-20-10-5-11-21-37)45-30-29-40(51(55-47)50(45)53)35-18-8-4-9-19-35/h4-34H,1-3H3. The molecule has 3 heterocycles. The average Bonchev–Trinajstić information content (AvgIpc) is 3.53. The molecule has 0 aromatic heterocycles. The SMILES string of the molecule is CC(C)(C)c1ccc2c(c1)B1c3cc4c(cc3N(c3ccccc3)c3ccc(-c5ccccc5)c(c31)S2)[Si](c1ccccc1)(c1ccccc1)c1ccccc1-4. The molecule has 1 nitrogen and oxygen atoms in total. The fourth-order valence-corrected chi connectivity index (χ4v) is 16.3. The molecule has 0 amide bonds. The van der Waals surface area contributed by atoms with Crippen molar-refractivity contribution in [1.82, 2.24) is 0 Å². The fourth-order valence-electron chi connectivity index (χ4n) is 9.84. The molecule has 56 heavy (non-hydrogen) atoms. The van der Waals surface area contributed by atoms with E-state index in [0.29, 0.717) is 0 Å². The van der Waals surface area contributed by atoms with Gasteiger partial charge in [0.15, 0.2) is 8.07 Å². The van der Waals surface area contributed by atoms with Crippen LogP contribution in [0.5, 0.6) is 0 Å². The van der Waals surface area contributed by atoms with Gasteiger partial charge in [-0.1, -0.05) is 196 Å². The molecule has 3 aliphatic heterocycles. The van der Waals surface area contributed by atoms with Gasteiger partial charge in [0.1, 0.15) is 0 Å². The molecule has 0 radical (unpaired) electrons. The summed E-state index contributed by atoms with van der Waals surface area (Å²) in [5.41, 5.74) is 14.6. The highest BCUT2D eigenvalue weighted by molar-refractivity contribution is 8.00. The summed E-state index contributed by atoms with van der Waals surface area (Å²) in [5, 5.41) is 5.78. The molecule has 266 valence electrons. The molecule has 4 heteroatoms. The van der Waals surface area contributed by atoms with Crippen LogP contribution in [-0.2, 0) is 5.41 Å². The van der Waals surface area contributed by atoms with Crippen LogP contribution in [0.2, 0.25) is 0 Å². The zero-order chi connectivity index (χ0) is 37.6. The third kappa shape index (κ3) is 4.82. The number of para-hydroxylation sites is 1. The van der Waals surface area contributed by atoms with Gasteiger partial charge in [-0.2, -0.15) is 0 Å². The summed E-state index contributed by atoms with van der Waals surface area (Å²) in [5.74, 6) is 0. The molecule has 0 unspecified atom stereocenters. The Labute approximate surface area is 335 Å². The van der Waals surface area contributed by atoms with E-state index >= 15 is 0 Å². The van der Waals surface area contributed by atoms with Crippen LogP contribution in [0, 0.1) is 0 Å². The third-order valence-corrected chi connectivity index (χ3v) is 18.5. The minimum Gasteiger partial charge on any atom is -0.311 e. The number of hydrogen-bond donors (Lipinski definition) is 0. The van der Waals surface area contributed by atoms with Gasteiger partial charge in [0, 0.05) is 26.9 Å². The molecular formula is C52H40BNSSi. The normalized spacial score (nSPS) is 14.3. The van der Waals surface area contributed by atoms with Crippen LogP contribution in [0.4, 0.5) is 17.1 Å². The van der Waals surface area contributed by atoms with Crippen molar-refractivity contribution >= 4 is 80.7 Å². The molecule has 8 aromatic carbocycles. The van der Waals surface area contributed by atoms with E-state index < -0.39 is 8.07 Å². The van der Waals surface area contributed by atoms with Gasteiger partial charge >= 0.3 is 0 Å². The third-order valence-electron chi connectivity index (χ3n) is 12.4. The van der Waals surface area contributed by atoms with Crippen molar-refractivity contribution in [3.63, 3.8) is 0 Å². The highest BCUT2D eigenvalue weighted by Gasteiger charge is 2.51. The Bertz CT molecular complexity index is 2780. The topological polar surface area (TPSA) is 3.24 Å². The molecule has 0 N–H and O–H groups in total. The Morgan fingerprint density at radius 2 is 1.12 bits per heavy atom. The predicted octanol–water partition coefficient (Wildman–Crippen LogP) is 8.77. The monoisotopic (exact) mass is 749 g/mol. The molecule has 0 atom stereocenters. The molecule has 0 saturated heterocycles. The lowest BCUT2D eigenvalue weighted by Crippen LogP contribution is -2.73. The number of fused-ring (bicyclic) bond motifs is 7. The second-order valence-electron chi connectivity index (χ2n) is 16.4. The van der Waals surface area contributed by atoms with Crippen molar-refractivity contribution in [2.45, 2.75) is 36.0 Å². The maximum Gasteiger partial charge on any atom is 0.249 e. The molecule has 8 aromatic rings. The van der Waals surface area contributed by atoms with Gasteiger partial charge in [0.2, 0.25) is 6.71 Å². The first-order chi connectivity index (χ1) is 27.4. The minimum absolute atomic E-state index is 0.0235. The minimum atomic E-state index is -2.73. The van der Waals surface area contributed by atoms with Gasteiger partial charge in [-0.3, -0.25) is 0 Å². The van der Waals surface area contributed by atoms with E-state index in [-0.39, 0.29) is 12.1 Å². The van der Waals surface area contributed by atoms with Gasteiger partial charge in [-0.15, -0.1) is 0 Å². The van der Waals surface area contributed by atoms with E-state index in [1.165, 1.54) is 91.8 Å². The van der Waals surface area contributed by atoms with E-state index in [9.17, 15) is 0 Å². The van der Waals surface area contributed by atoms with Crippen molar-refractivity contribution < 1.29 is 0 Å². The molecule has 0 fully saturated rings. The van der Waals surface area contributed by atoms with Crippen molar-refractivity contribution in [2.24, 2.45) is 0 Å². The maximum atomic E-state index is 2.63. The summed E-state index contributed by atoms with van der Waals surface area (Å²) in [7, 11) is -2.73. The van der Waals surface area contributed by atoms with E-state index in [2.05, 4.69) is 214 Å². The van der Waals surface area contributed by atoms with Crippen LogP contribution in [0.3, 0.4) is 0 Å². The molecule has 3 aliphatic rings. The van der Waals surface area contributed by atoms with E-state index in [4.69, 9.17) is 0 Å². The molecule has 0 aliphatic carbocycles. The van der Waals surface area contributed by atoms with Crippen LogP contribution >= 0.6 is 11.8 Å². The molecule has 0 bridgehead atoms. The molecule has 0 saturated carbocycles. The lowest BCUT2D eigenvalue weighted by Gasteiger charge is -2.42. The van der Waals surface area contributed by atoms with Crippen LogP contribution in [0.15, 0.2) is 198 Å². The highest BCUT2D eigenvalue weighted by Crippen LogP contribution is 2.46. The number of benzene rings is 8. The van der Waals surface area contributed by atoms with Crippen molar-refractivity contribution in [3.8, 4) is 22.3 Å². The molecule has 11 rings (SSSR count). The summed E-state index contributed by atoms with van der Waals surface area (Å²) in [6.07, 6.45) is 0. The van der Waals surface area contributed by atoms with E-state index in [1.54, 1.807) is 0 Å². The predicted molar refractivity (Wildman–Crippen MR) is 243 cm³/mol. The summed E-state index contributed by atoms with van der Waals surface area (Å²) < 4.78 is 0. The first-order valence-electron chi connectivity index (χ1n) is 19.7. The Kier molecular flexibility index (Phi) is 7.55. The van der Waals surface area contributed by atoms with E-state index in [1.807, 2.05) is 11.8 Å². The Balaban J connectivity index is 1.28. The van der Waals surface area contributed by atoms with Crippen LogP contribution in [-0.4, -0.2) is 14.8 Å². The highest BCUT2D eigenvalue weighted by atomic mass is 32.2. The average molecular weight is 750 g/mol. The largest absolute Gasteiger partial charge is 0.311 e. The van der Waals surface area contributed by atoms with Crippen molar-refractivity contribution in [2.75, 3.05) is 4.90 Å². The van der Waals surface area contributed by atoms with Crippen molar-refractivity contribution in [3.05, 3.63) is 194 Å². The summed E-state index contributed by atoms with van der Waals surface area (Å²) >= 11 is 1.95. The zero-order valence-electron chi connectivity index (χ0n) is 31.8. The Morgan fingerprint density at radius 3 is 1.80 bits per heavy atom. The first-order valence-corrected chi connectivity index (χ1v) is 22.5. The van der Waals surface area contributed by atoms with Crippen LogP contribution < -0.4 is 42.0 Å². The summed E-state index contributed by atoms with van der Waals surface area (Å²) in [4.78, 5) is 5.29. The van der Waals surface area contributed by atoms with Crippen LogP contribution in [0.25, 0.3) is 22.3 Å². The molecule has 0 spiro atoms. The smallest absolute Gasteiger partial charge is 0.249 e. The molecular weight excluding hydrogens is 710 g/mol. The zero-order valence-corrected chi connectivity index (χ0v) is 33.6. The first kappa shape index (κ1) is 33.5. The second kappa shape index (κ2) is 12.6. The lowest BCUT2D eigenvalue weighted by atomic mass is 9.34. The number of anilines is 3. The van der Waals surface area contributed by atoms with Gasteiger partial charge in [-0.25, -0.2) is 0 Å².